The van der Waals surface area contributed by atoms with E-state index in [1.165, 1.54) is 0 Å². The van der Waals surface area contributed by atoms with Crippen molar-refractivity contribution in [3.05, 3.63) is 0 Å². The fourth-order valence-corrected chi connectivity index (χ4v) is 0.861. The smallest absolute Gasteiger partial charge is 0.133 e. The molecule has 10 heavy (non-hydrogen) atoms. The van der Waals surface area contributed by atoms with Crippen LogP contribution in [0, 0.1) is 5.41 Å². The van der Waals surface area contributed by atoms with Crippen molar-refractivity contribution in [2.45, 2.75) is 45.6 Å². The molecule has 0 aromatic rings. The van der Waals surface area contributed by atoms with Gasteiger partial charge in [-0.1, -0.05) is 45.2 Å². The molecule has 1 unspecified atom stereocenters. The summed E-state index contributed by atoms with van der Waals surface area (Å²) in [5, 5.41) is 9.07. The van der Waals surface area contributed by atoms with Gasteiger partial charge in [-0.2, -0.15) is 0 Å². The van der Waals surface area contributed by atoms with Crippen LogP contribution in [0.4, 0.5) is 0 Å². The maximum absolute atomic E-state index is 9.07. The molecule has 0 aliphatic rings. The summed E-state index contributed by atoms with van der Waals surface area (Å²) in [7, 11) is 0. The molecule has 0 aromatic heterocycles. The molecule has 0 aromatic carbocycles. The molecule has 0 fully saturated rings. The van der Waals surface area contributed by atoms with E-state index in [0.29, 0.717) is 0 Å². The lowest BCUT2D eigenvalue weighted by Gasteiger charge is -2.25. The molecule has 0 radical (unpaired) electrons. The lowest BCUT2D eigenvalue weighted by molar-refractivity contribution is 0.110. The summed E-state index contributed by atoms with van der Waals surface area (Å²) in [6, 6.07) is 0. The minimum atomic E-state index is -0.709. The zero-order valence-corrected chi connectivity index (χ0v) is 7.78. The first-order chi connectivity index (χ1) is 4.50. The first-order valence-corrected chi connectivity index (χ1v) is 4.26. The van der Waals surface area contributed by atoms with Crippen molar-refractivity contribution in [1.29, 1.82) is 0 Å². The highest BCUT2D eigenvalue weighted by atomic mass is 35.5. The van der Waals surface area contributed by atoms with Gasteiger partial charge in [0.15, 0.2) is 0 Å². The van der Waals surface area contributed by atoms with Crippen LogP contribution in [0.2, 0.25) is 0 Å². The molecule has 0 heterocycles. The van der Waals surface area contributed by atoms with Crippen molar-refractivity contribution in [2.75, 3.05) is 0 Å². The van der Waals surface area contributed by atoms with E-state index in [-0.39, 0.29) is 5.41 Å². The second-order valence-corrected chi connectivity index (χ2v) is 3.84. The van der Waals surface area contributed by atoms with Gasteiger partial charge in [-0.3, -0.25) is 0 Å². The Balaban J connectivity index is 3.63. The standard InChI is InChI=1S/C8H17ClO/c1-4-5-6-8(2,3)7(9)10/h7,10H,4-6H2,1-3H3. The van der Waals surface area contributed by atoms with E-state index in [0.717, 1.165) is 19.3 Å². The highest BCUT2D eigenvalue weighted by Crippen LogP contribution is 2.29. The predicted molar refractivity (Wildman–Crippen MR) is 45.2 cm³/mol. The van der Waals surface area contributed by atoms with E-state index in [4.69, 9.17) is 16.7 Å². The molecule has 1 nitrogen and oxygen atoms in total. The second-order valence-electron chi connectivity index (χ2n) is 3.43. The van der Waals surface area contributed by atoms with Crippen molar-refractivity contribution in [2.24, 2.45) is 5.41 Å². The van der Waals surface area contributed by atoms with Crippen molar-refractivity contribution in [3.63, 3.8) is 0 Å². The molecule has 0 saturated heterocycles. The van der Waals surface area contributed by atoms with Gasteiger partial charge in [-0.25, -0.2) is 0 Å². The SMILES string of the molecule is CCCCC(C)(C)C(O)Cl. The van der Waals surface area contributed by atoms with E-state index in [1.807, 2.05) is 13.8 Å². The summed E-state index contributed by atoms with van der Waals surface area (Å²) >= 11 is 5.56. The fourth-order valence-electron chi connectivity index (χ4n) is 0.751. The van der Waals surface area contributed by atoms with Crippen molar-refractivity contribution < 1.29 is 5.11 Å². The normalized spacial score (nSPS) is 15.3. The Morgan fingerprint density at radius 2 is 2.00 bits per heavy atom. The third-order valence-electron chi connectivity index (χ3n) is 1.82. The monoisotopic (exact) mass is 164 g/mol. The van der Waals surface area contributed by atoms with Gasteiger partial charge >= 0.3 is 0 Å². The van der Waals surface area contributed by atoms with Gasteiger partial charge in [0.05, 0.1) is 0 Å². The molecule has 62 valence electrons. The van der Waals surface area contributed by atoms with E-state index in [9.17, 15) is 0 Å². The first-order valence-electron chi connectivity index (χ1n) is 3.83. The molecular weight excluding hydrogens is 148 g/mol. The van der Waals surface area contributed by atoms with Crippen LogP contribution < -0.4 is 0 Å². The molecule has 0 bridgehead atoms. The predicted octanol–water partition coefficient (Wildman–Crippen LogP) is 2.76. The third-order valence-corrected chi connectivity index (χ3v) is 2.41. The number of aliphatic hydroxyl groups excluding tert-OH is 1. The molecule has 0 saturated carbocycles. The van der Waals surface area contributed by atoms with Crippen molar-refractivity contribution >= 4 is 11.6 Å². The van der Waals surface area contributed by atoms with Crippen molar-refractivity contribution in [1.82, 2.24) is 0 Å². The fraction of sp³-hybridized carbons (Fsp3) is 1.00. The summed E-state index contributed by atoms with van der Waals surface area (Å²) < 4.78 is 0. The highest BCUT2D eigenvalue weighted by Gasteiger charge is 2.24. The quantitative estimate of drug-likeness (QED) is 0.634. The summed E-state index contributed by atoms with van der Waals surface area (Å²) in [4.78, 5) is 0. The minimum absolute atomic E-state index is 0.127. The van der Waals surface area contributed by atoms with Crippen LogP contribution in [-0.2, 0) is 0 Å². The van der Waals surface area contributed by atoms with Crippen LogP contribution in [0.25, 0.3) is 0 Å². The number of unbranched alkanes of at least 4 members (excludes halogenated alkanes) is 1. The topological polar surface area (TPSA) is 20.2 Å². The molecule has 1 atom stereocenters. The first kappa shape index (κ1) is 10.2. The average Bonchev–Trinajstić information content (AvgIpc) is 1.84. The summed E-state index contributed by atoms with van der Waals surface area (Å²) in [5.41, 5.74) is -0.837. The van der Waals surface area contributed by atoms with Crippen LogP contribution in [0.1, 0.15) is 40.0 Å². The number of alkyl halides is 1. The molecule has 0 rings (SSSR count). The Bertz CT molecular complexity index is 89.3. The van der Waals surface area contributed by atoms with Gasteiger partial charge in [0, 0.05) is 5.41 Å². The van der Waals surface area contributed by atoms with Crippen molar-refractivity contribution in [3.8, 4) is 0 Å². The second kappa shape index (κ2) is 4.20. The molecule has 0 aliphatic heterocycles. The largest absolute Gasteiger partial charge is 0.377 e. The number of halogens is 1. The van der Waals surface area contributed by atoms with Gasteiger partial charge in [0.2, 0.25) is 0 Å². The van der Waals surface area contributed by atoms with Gasteiger partial charge < -0.3 is 5.11 Å². The van der Waals surface area contributed by atoms with Crippen LogP contribution in [0.15, 0.2) is 0 Å². The van der Waals surface area contributed by atoms with Crippen LogP contribution >= 0.6 is 11.6 Å². The van der Waals surface area contributed by atoms with Crippen LogP contribution in [-0.4, -0.2) is 10.7 Å². The summed E-state index contributed by atoms with van der Waals surface area (Å²) in [6.45, 7) is 6.11. The van der Waals surface area contributed by atoms with Crippen LogP contribution in [0.5, 0.6) is 0 Å². The minimum Gasteiger partial charge on any atom is -0.377 e. The van der Waals surface area contributed by atoms with E-state index in [1.54, 1.807) is 0 Å². The number of aliphatic hydroxyl groups is 1. The number of hydrogen-bond acceptors (Lipinski definition) is 1. The van der Waals surface area contributed by atoms with E-state index in [2.05, 4.69) is 6.92 Å². The lowest BCUT2D eigenvalue weighted by atomic mass is 9.88. The van der Waals surface area contributed by atoms with Gasteiger partial charge in [-0.05, 0) is 6.42 Å². The summed E-state index contributed by atoms with van der Waals surface area (Å²) in [5.74, 6) is 0. The Kier molecular flexibility index (Phi) is 4.30. The van der Waals surface area contributed by atoms with E-state index >= 15 is 0 Å². The molecule has 2 heteroatoms. The zero-order chi connectivity index (χ0) is 8.20. The molecular formula is C8H17ClO. The maximum atomic E-state index is 9.07. The van der Waals surface area contributed by atoms with Gasteiger partial charge in [-0.15, -0.1) is 0 Å². The van der Waals surface area contributed by atoms with Gasteiger partial charge in [0.1, 0.15) is 5.56 Å². The summed E-state index contributed by atoms with van der Waals surface area (Å²) in [6.07, 6.45) is 3.29. The molecule has 0 amide bonds. The Hall–Kier alpha value is 0.250. The zero-order valence-electron chi connectivity index (χ0n) is 7.02. The van der Waals surface area contributed by atoms with E-state index < -0.39 is 5.56 Å². The molecule has 0 spiro atoms. The molecule has 0 aliphatic carbocycles. The third kappa shape index (κ3) is 3.43. The maximum Gasteiger partial charge on any atom is 0.133 e. The lowest BCUT2D eigenvalue weighted by Crippen LogP contribution is -2.23. The average molecular weight is 165 g/mol. The Morgan fingerprint density at radius 3 is 2.30 bits per heavy atom. The Labute approximate surface area is 68.4 Å². The number of rotatable bonds is 4. The molecule has 1 N–H and O–H groups in total. The van der Waals surface area contributed by atoms with Crippen LogP contribution in [0.3, 0.4) is 0 Å². The number of hydrogen-bond donors (Lipinski definition) is 1. The Morgan fingerprint density at radius 1 is 1.50 bits per heavy atom. The van der Waals surface area contributed by atoms with Gasteiger partial charge in [0.25, 0.3) is 0 Å². The highest BCUT2D eigenvalue weighted by molar-refractivity contribution is 6.19.